The molecule has 0 radical (unpaired) electrons. The average molecular weight is 335 g/mol. The number of nitrogens with zero attached hydrogens (tertiary/aromatic N) is 1. The Morgan fingerprint density at radius 2 is 2.09 bits per heavy atom. The monoisotopic (exact) mass is 335 g/mol. The lowest BCUT2D eigenvalue weighted by Gasteiger charge is -2.30. The quantitative estimate of drug-likeness (QED) is 0.845. The largest absolute Gasteiger partial charge is 0.462 e. The Balaban J connectivity index is 1.66. The zero-order valence-corrected chi connectivity index (χ0v) is 14.2. The first-order valence-electron chi connectivity index (χ1n) is 8.40. The molecule has 0 bridgehead atoms. The van der Waals surface area contributed by atoms with E-state index in [1.54, 1.807) is 11.3 Å². The van der Waals surface area contributed by atoms with E-state index >= 15 is 0 Å². The number of aliphatic hydroxyl groups is 2. The third kappa shape index (κ3) is 4.44. The van der Waals surface area contributed by atoms with Crippen LogP contribution in [0.4, 0.5) is 0 Å². The van der Waals surface area contributed by atoms with Gasteiger partial charge in [-0.2, -0.15) is 0 Å². The smallest absolute Gasteiger partial charge is 0.129 e. The fourth-order valence-electron chi connectivity index (χ4n) is 3.36. The van der Waals surface area contributed by atoms with E-state index in [1.165, 1.54) is 19.3 Å². The summed E-state index contributed by atoms with van der Waals surface area (Å²) < 4.78 is 5.65. The van der Waals surface area contributed by atoms with Crippen LogP contribution in [0.15, 0.2) is 34.1 Å². The maximum absolute atomic E-state index is 10.5. The third-order valence-corrected chi connectivity index (χ3v) is 5.57. The van der Waals surface area contributed by atoms with Crippen molar-refractivity contribution in [2.24, 2.45) is 0 Å². The second-order valence-corrected chi connectivity index (χ2v) is 7.25. The maximum Gasteiger partial charge on any atom is 0.129 e. The highest BCUT2D eigenvalue weighted by molar-refractivity contribution is 7.10. The van der Waals surface area contributed by atoms with Crippen LogP contribution in [0.5, 0.6) is 0 Å². The van der Waals surface area contributed by atoms with E-state index in [0.717, 1.165) is 36.6 Å². The predicted molar refractivity (Wildman–Crippen MR) is 91.2 cm³/mol. The van der Waals surface area contributed by atoms with Crippen molar-refractivity contribution in [1.29, 1.82) is 0 Å². The minimum Gasteiger partial charge on any atom is -0.462 e. The van der Waals surface area contributed by atoms with Gasteiger partial charge in [0, 0.05) is 10.9 Å². The molecule has 1 fully saturated rings. The van der Waals surface area contributed by atoms with Crippen molar-refractivity contribution in [3.05, 3.63) is 46.0 Å². The van der Waals surface area contributed by atoms with Gasteiger partial charge in [-0.15, -0.1) is 11.3 Å². The molecule has 4 nitrogen and oxygen atoms in total. The van der Waals surface area contributed by atoms with Crippen molar-refractivity contribution < 1.29 is 14.6 Å². The highest BCUT2D eigenvalue weighted by atomic mass is 32.1. The molecule has 2 atom stereocenters. The lowest BCUT2D eigenvalue weighted by molar-refractivity contribution is 0.0945. The molecule has 0 aliphatic carbocycles. The van der Waals surface area contributed by atoms with Gasteiger partial charge in [0.25, 0.3) is 0 Å². The van der Waals surface area contributed by atoms with Crippen LogP contribution in [-0.4, -0.2) is 27.7 Å². The van der Waals surface area contributed by atoms with Gasteiger partial charge >= 0.3 is 0 Å². The first kappa shape index (κ1) is 16.7. The van der Waals surface area contributed by atoms with E-state index in [9.17, 15) is 5.11 Å². The molecule has 23 heavy (non-hydrogen) atoms. The summed E-state index contributed by atoms with van der Waals surface area (Å²) in [5, 5.41) is 21.7. The Morgan fingerprint density at radius 3 is 2.83 bits per heavy atom. The van der Waals surface area contributed by atoms with Crippen LogP contribution >= 0.6 is 11.3 Å². The van der Waals surface area contributed by atoms with Gasteiger partial charge in [0.05, 0.1) is 12.6 Å². The molecule has 3 rings (SSSR count). The van der Waals surface area contributed by atoms with Crippen molar-refractivity contribution in [3.63, 3.8) is 0 Å². The molecule has 5 heteroatoms. The zero-order chi connectivity index (χ0) is 16.1. The second-order valence-electron chi connectivity index (χ2n) is 6.27. The summed E-state index contributed by atoms with van der Waals surface area (Å²) in [6.45, 7) is 1.74. The first-order valence-corrected chi connectivity index (χ1v) is 9.28. The van der Waals surface area contributed by atoms with Crippen LogP contribution in [0.3, 0.4) is 0 Å². The van der Waals surface area contributed by atoms with E-state index in [2.05, 4.69) is 4.90 Å². The number of furan rings is 1. The summed E-state index contributed by atoms with van der Waals surface area (Å²) in [5.41, 5.74) is 0. The molecule has 0 spiro atoms. The summed E-state index contributed by atoms with van der Waals surface area (Å²) >= 11 is 1.62. The molecule has 126 valence electrons. The highest BCUT2D eigenvalue weighted by Gasteiger charge is 2.25. The topological polar surface area (TPSA) is 56.8 Å². The Hall–Kier alpha value is -1.14. The van der Waals surface area contributed by atoms with Gasteiger partial charge in [-0.1, -0.05) is 18.9 Å². The zero-order valence-electron chi connectivity index (χ0n) is 13.4. The van der Waals surface area contributed by atoms with Crippen LogP contribution in [0, 0.1) is 0 Å². The Morgan fingerprint density at radius 1 is 1.22 bits per heavy atom. The van der Waals surface area contributed by atoms with Crippen LogP contribution in [-0.2, 0) is 13.2 Å². The molecule has 0 saturated carbocycles. The van der Waals surface area contributed by atoms with E-state index in [0.29, 0.717) is 11.8 Å². The minimum atomic E-state index is -0.384. The van der Waals surface area contributed by atoms with Crippen LogP contribution in [0.1, 0.15) is 54.6 Å². The van der Waals surface area contributed by atoms with E-state index in [-0.39, 0.29) is 12.7 Å². The number of hydrogen-bond donors (Lipinski definition) is 2. The highest BCUT2D eigenvalue weighted by Crippen LogP contribution is 2.29. The molecule has 0 amide bonds. The Bertz CT molecular complexity index is 581. The predicted octanol–water partition coefficient (Wildman–Crippen LogP) is 3.70. The maximum atomic E-state index is 10.5. The van der Waals surface area contributed by atoms with Crippen molar-refractivity contribution in [3.8, 4) is 0 Å². The molecule has 1 saturated heterocycles. The first-order chi connectivity index (χ1) is 11.3. The fourth-order valence-corrected chi connectivity index (χ4v) is 4.08. The van der Waals surface area contributed by atoms with E-state index in [4.69, 9.17) is 9.52 Å². The Labute approximate surface area is 141 Å². The number of thiophene rings is 1. The van der Waals surface area contributed by atoms with Gasteiger partial charge in [0.1, 0.15) is 18.1 Å². The minimum absolute atomic E-state index is 0.0550. The average Bonchev–Trinajstić information content (AvgIpc) is 3.19. The fraction of sp³-hybridized carbons (Fsp3) is 0.556. The third-order valence-electron chi connectivity index (χ3n) is 4.60. The summed E-state index contributed by atoms with van der Waals surface area (Å²) in [6.07, 6.45) is 5.18. The molecule has 2 aromatic rings. The molecule has 2 aromatic heterocycles. The number of rotatable bonds is 6. The van der Waals surface area contributed by atoms with Gasteiger partial charge in [-0.05, 0) is 49.4 Å². The van der Waals surface area contributed by atoms with Crippen molar-refractivity contribution in [2.75, 3.05) is 6.54 Å². The SMILES string of the molecule is OCc1ccc(CN2CCCCCC2CC(O)c2cccs2)o1. The summed E-state index contributed by atoms with van der Waals surface area (Å²) in [6, 6.07) is 8.16. The molecule has 1 aliphatic heterocycles. The van der Waals surface area contributed by atoms with Gasteiger partial charge in [-0.25, -0.2) is 0 Å². The standard InChI is InChI=1S/C18H25NO3S/c20-13-16-8-7-15(22-16)12-19-9-3-1-2-5-14(19)11-17(21)18-6-4-10-23-18/h4,6-8,10,14,17,20-21H,1-3,5,9,11-13H2. The number of hydrogen-bond acceptors (Lipinski definition) is 5. The van der Waals surface area contributed by atoms with Gasteiger partial charge in [-0.3, -0.25) is 4.90 Å². The normalized spacial score (nSPS) is 21.2. The molecule has 2 N–H and O–H groups in total. The molecular weight excluding hydrogens is 310 g/mol. The van der Waals surface area contributed by atoms with Gasteiger partial charge in [0.2, 0.25) is 0 Å². The van der Waals surface area contributed by atoms with Crippen molar-refractivity contribution in [1.82, 2.24) is 4.90 Å². The van der Waals surface area contributed by atoms with Crippen molar-refractivity contribution >= 4 is 11.3 Å². The second kappa shape index (κ2) is 8.11. The molecule has 3 heterocycles. The summed E-state index contributed by atoms with van der Waals surface area (Å²) in [5.74, 6) is 1.51. The summed E-state index contributed by atoms with van der Waals surface area (Å²) in [4.78, 5) is 3.49. The van der Waals surface area contributed by atoms with E-state index in [1.807, 2.05) is 29.6 Å². The van der Waals surface area contributed by atoms with Gasteiger partial charge in [0.15, 0.2) is 0 Å². The number of aliphatic hydroxyl groups excluding tert-OH is 2. The molecular formula is C18H25NO3S. The molecule has 0 aromatic carbocycles. The number of likely N-dealkylation sites (tertiary alicyclic amines) is 1. The summed E-state index contributed by atoms with van der Waals surface area (Å²) in [7, 11) is 0. The molecule has 2 unspecified atom stereocenters. The van der Waals surface area contributed by atoms with E-state index < -0.39 is 0 Å². The van der Waals surface area contributed by atoms with Crippen LogP contribution in [0.2, 0.25) is 0 Å². The van der Waals surface area contributed by atoms with Crippen LogP contribution < -0.4 is 0 Å². The van der Waals surface area contributed by atoms with Gasteiger partial charge < -0.3 is 14.6 Å². The Kier molecular flexibility index (Phi) is 5.89. The van der Waals surface area contributed by atoms with Crippen molar-refractivity contribution in [2.45, 2.75) is 57.4 Å². The lowest BCUT2D eigenvalue weighted by Crippen LogP contribution is -2.35. The molecule has 1 aliphatic rings. The lowest BCUT2D eigenvalue weighted by atomic mass is 10.0. The van der Waals surface area contributed by atoms with Crippen LogP contribution in [0.25, 0.3) is 0 Å².